The number of amides is 1. The van der Waals surface area contributed by atoms with Crippen molar-refractivity contribution in [1.82, 2.24) is 4.90 Å². The Kier molecular flexibility index (Phi) is 5.14. The van der Waals surface area contributed by atoms with Crippen LogP contribution in [0, 0.1) is 11.8 Å². The number of carboxylic acids is 1. The summed E-state index contributed by atoms with van der Waals surface area (Å²) in [5.74, 6) is -0.907. The van der Waals surface area contributed by atoms with Crippen molar-refractivity contribution in [3.05, 3.63) is 42.0 Å². The highest BCUT2D eigenvalue weighted by molar-refractivity contribution is 5.91. The van der Waals surface area contributed by atoms with Gasteiger partial charge in [0.1, 0.15) is 0 Å². The molecule has 0 aliphatic carbocycles. The third kappa shape index (κ3) is 4.18. The maximum absolute atomic E-state index is 12.1. The first-order chi connectivity index (χ1) is 10.1. The number of rotatable bonds is 4. The van der Waals surface area contributed by atoms with E-state index in [1.807, 2.05) is 36.4 Å². The van der Waals surface area contributed by atoms with Crippen molar-refractivity contribution in [2.75, 3.05) is 13.1 Å². The van der Waals surface area contributed by atoms with E-state index in [0.29, 0.717) is 13.1 Å². The molecular weight excluding hydrogens is 266 g/mol. The minimum absolute atomic E-state index is 0.000260. The van der Waals surface area contributed by atoms with Crippen molar-refractivity contribution in [2.45, 2.75) is 19.8 Å². The normalized spacial score (nSPS) is 17.9. The van der Waals surface area contributed by atoms with Gasteiger partial charge in [-0.15, -0.1) is 0 Å². The Labute approximate surface area is 125 Å². The van der Waals surface area contributed by atoms with Crippen LogP contribution in [0.5, 0.6) is 0 Å². The fraction of sp³-hybridized carbons (Fsp3) is 0.412. The third-order valence-electron chi connectivity index (χ3n) is 4.17. The van der Waals surface area contributed by atoms with E-state index >= 15 is 0 Å². The Balaban J connectivity index is 1.86. The summed E-state index contributed by atoms with van der Waals surface area (Å²) in [4.78, 5) is 24.9. The van der Waals surface area contributed by atoms with Crippen molar-refractivity contribution >= 4 is 18.0 Å². The Morgan fingerprint density at radius 1 is 1.24 bits per heavy atom. The van der Waals surface area contributed by atoms with Gasteiger partial charge in [0.15, 0.2) is 0 Å². The second-order valence-corrected chi connectivity index (χ2v) is 5.53. The fourth-order valence-electron chi connectivity index (χ4n) is 2.66. The molecule has 1 fully saturated rings. The fourth-order valence-corrected chi connectivity index (χ4v) is 2.66. The van der Waals surface area contributed by atoms with Crippen molar-refractivity contribution in [2.24, 2.45) is 11.8 Å². The molecule has 1 aliphatic heterocycles. The lowest BCUT2D eigenvalue weighted by Crippen LogP contribution is -2.40. The first kappa shape index (κ1) is 15.3. The van der Waals surface area contributed by atoms with Crippen LogP contribution in [0.4, 0.5) is 0 Å². The van der Waals surface area contributed by atoms with Crippen molar-refractivity contribution in [3.8, 4) is 0 Å². The van der Waals surface area contributed by atoms with Crippen LogP contribution in [0.2, 0.25) is 0 Å². The Hall–Kier alpha value is -2.10. The molecule has 0 aromatic heterocycles. The van der Waals surface area contributed by atoms with E-state index in [-0.39, 0.29) is 17.7 Å². The average Bonchev–Trinajstić information content (AvgIpc) is 2.53. The summed E-state index contributed by atoms with van der Waals surface area (Å²) in [6.07, 6.45) is 4.93. The Morgan fingerprint density at radius 2 is 1.86 bits per heavy atom. The molecule has 1 saturated heterocycles. The average molecular weight is 287 g/mol. The standard InChI is InChI=1S/C17H21NO3/c1-13(17(20)21)15-9-11-18(12-10-15)16(19)8-7-14-5-3-2-4-6-14/h2-8,13,15H,9-12H2,1H3,(H,20,21)/b8-7+. The van der Waals surface area contributed by atoms with Crippen molar-refractivity contribution < 1.29 is 14.7 Å². The van der Waals surface area contributed by atoms with Crippen molar-refractivity contribution in [3.63, 3.8) is 0 Å². The molecule has 1 aromatic rings. The van der Waals surface area contributed by atoms with Gasteiger partial charge in [-0.05, 0) is 30.4 Å². The maximum atomic E-state index is 12.1. The van der Waals surface area contributed by atoms with Crippen LogP contribution in [0.1, 0.15) is 25.3 Å². The molecule has 1 N–H and O–H groups in total. The molecule has 0 saturated carbocycles. The second kappa shape index (κ2) is 7.07. The summed E-state index contributed by atoms with van der Waals surface area (Å²) >= 11 is 0. The molecule has 1 unspecified atom stereocenters. The van der Waals surface area contributed by atoms with E-state index in [1.54, 1.807) is 17.9 Å². The summed E-state index contributed by atoms with van der Waals surface area (Å²) < 4.78 is 0. The largest absolute Gasteiger partial charge is 0.481 e. The van der Waals surface area contributed by atoms with E-state index in [9.17, 15) is 9.59 Å². The molecule has 1 atom stereocenters. The lowest BCUT2D eigenvalue weighted by Gasteiger charge is -2.33. The van der Waals surface area contributed by atoms with Gasteiger partial charge in [-0.3, -0.25) is 9.59 Å². The minimum Gasteiger partial charge on any atom is -0.481 e. The first-order valence-electron chi connectivity index (χ1n) is 7.33. The highest BCUT2D eigenvalue weighted by atomic mass is 16.4. The molecule has 4 heteroatoms. The number of benzene rings is 1. The number of nitrogens with zero attached hydrogens (tertiary/aromatic N) is 1. The van der Waals surface area contributed by atoms with Gasteiger partial charge in [-0.25, -0.2) is 0 Å². The minimum atomic E-state index is -0.747. The van der Waals surface area contributed by atoms with Gasteiger partial charge in [0.25, 0.3) is 0 Å². The SMILES string of the molecule is CC(C(=O)O)C1CCN(C(=O)/C=C/c2ccccc2)CC1. The number of carboxylic acid groups (broad SMARTS) is 1. The van der Waals surface area contributed by atoms with Crippen LogP contribution in [0.25, 0.3) is 6.08 Å². The molecule has 0 radical (unpaired) electrons. The number of piperidine rings is 1. The molecule has 4 nitrogen and oxygen atoms in total. The Bertz CT molecular complexity index is 516. The predicted octanol–water partition coefficient (Wildman–Crippen LogP) is 2.66. The summed E-state index contributed by atoms with van der Waals surface area (Å²) in [6, 6.07) is 9.70. The van der Waals surface area contributed by atoms with Crippen LogP contribution in [-0.4, -0.2) is 35.0 Å². The third-order valence-corrected chi connectivity index (χ3v) is 4.17. The lowest BCUT2D eigenvalue weighted by atomic mass is 9.85. The quantitative estimate of drug-likeness (QED) is 0.866. The van der Waals surface area contributed by atoms with Gasteiger partial charge >= 0.3 is 5.97 Å². The lowest BCUT2D eigenvalue weighted by molar-refractivity contribution is -0.143. The van der Waals surface area contributed by atoms with E-state index in [0.717, 1.165) is 18.4 Å². The molecule has 21 heavy (non-hydrogen) atoms. The molecule has 1 aliphatic rings. The van der Waals surface area contributed by atoms with Gasteiger partial charge in [0.05, 0.1) is 5.92 Å². The van der Waals surface area contributed by atoms with E-state index < -0.39 is 5.97 Å². The first-order valence-corrected chi connectivity index (χ1v) is 7.33. The van der Waals surface area contributed by atoms with Crippen LogP contribution < -0.4 is 0 Å². The summed E-state index contributed by atoms with van der Waals surface area (Å²) in [7, 11) is 0. The molecule has 2 rings (SSSR count). The number of carbonyl (C=O) groups excluding carboxylic acids is 1. The number of carbonyl (C=O) groups is 2. The zero-order valence-corrected chi connectivity index (χ0v) is 12.2. The molecule has 112 valence electrons. The summed E-state index contributed by atoms with van der Waals surface area (Å²) in [6.45, 7) is 3.03. The number of aliphatic carboxylic acids is 1. The summed E-state index contributed by atoms with van der Waals surface area (Å²) in [5, 5.41) is 9.03. The van der Waals surface area contributed by atoms with Crippen LogP contribution in [0.15, 0.2) is 36.4 Å². The number of hydrogen-bond acceptors (Lipinski definition) is 2. The Morgan fingerprint density at radius 3 is 2.43 bits per heavy atom. The van der Waals surface area contributed by atoms with E-state index in [4.69, 9.17) is 5.11 Å². The molecule has 0 bridgehead atoms. The highest BCUT2D eigenvalue weighted by Gasteiger charge is 2.28. The van der Waals surface area contributed by atoms with Crippen LogP contribution in [0.3, 0.4) is 0 Å². The number of hydrogen-bond donors (Lipinski definition) is 1. The van der Waals surface area contributed by atoms with Gasteiger partial charge in [0, 0.05) is 19.2 Å². The summed E-state index contributed by atoms with van der Waals surface area (Å²) in [5.41, 5.74) is 1.00. The van der Waals surface area contributed by atoms with Gasteiger partial charge in [-0.1, -0.05) is 37.3 Å². The molecule has 1 amide bonds. The van der Waals surface area contributed by atoms with Crippen LogP contribution >= 0.6 is 0 Å². The van der Waals surface area contributed by atoms with Crippen molar-refractivity contribution in [1.29, 1.82) is 0 Å². The van der Waals surface area contributed by atoms with Crippen LogP contribution in [-0.2, 0) is 9.59 Å². The van der Waals surface area contributed by atoms with Gasteiger partial charge < -0.3 is 10.0 Å². The highest BCUT2D eigenvalue weighted by Crippen LogP contribution is 2.25. The van der Waals surface area contributed by atoms with E-state index in [2.05, 4.69) is 0 Å². The molecule has 0 spiro atoms. The molecule has 1 heterocycles. The number of likely N-dealkylation sites (tertiary alicyclic amines) is 1. The predicted molar refractivity (Wildman–Crippen MR) is 81.6 cm³/mol. The van der Waals surface area contributed by atoms with Gasteiger partial charge in [-0.2, -0.15) is 0 Å². The zero-order valence-electron chi connectivity index (χ0n) is 12.2. The van der Waals surface area contributed by atoms with Gasteiger partial charge in [0.2, 0.25) is 5.91 Å². The maximum Gasteiger partial charge on any atom is 0.306 e. The second-order valence-electron chi connectivity index (χ2n) is 5.53. The molecule has 1 aromatic carbocycles. The smallest absolute Gasteiger partial charge is 0.306 e. The van der Waals surface area contributed by atoms with E-state index in [1.165, 1.54) is 0 Å². The monoisotopic (exact) mass is 287 g/mol. The topological polar surface area (TPSA) is 57.6 Å². The molecular formula is C17H21NO3. The zero-order chi connectivity index (χ0) is 15.2.